The Morgan fingerprint density at radius 1 is 1.28 bits per heavy atom. The molecule has 8 heteroatoms. The van der Waals surface area contributed by atoms with Crippen LogP contribution in [-0.4, -0.2) is 52.8 Å². The first kappa shape index (κ1) is 19.6. The number of nitrogens with two attached hydrogens (primary N) is 1. The smallest absolute Gasteiger partial charge is 0.259 e. The second-order valence-corrected chi connectivity index (χ2v) is 7.55. The number of aromatic nitrogens is 2. The highest BCUT2D eigenvalue weighted by Crippen LogP contribution is 2.27. The van der Waals surface area contributed by atoms with Crippen LogP contribution in [0.2, 0.25) is 0 Å². The number of aliphatic hydroxyl groups excluding tert-OH is 1. The summed E-state index contributed by atoms with van der Waals surface area (Å²) < 4.78 is 5.53. The van der Waals surface area contributed by atoms with E-state index in [4.69, 9.17) is 10.5 Å². The van der Waals surface area contributed by atoms with Crippen molar-refractivity contribution in [1.29, 1.82) is 0 Å². The number of hydrogen-bond acceptors (Lipinski definition) is 7. The quantitative estimate of drug-likeness (QED) is 0.680. The Hall–Kier alpha value is -2.71. The zero-order chi connectivity index (χ0) is 20.2. The molecule has 1 saturated carbocycles. The number of aliphatic hydroxyl groups is 1. The number of benzene rings is 1. The van der Waals surface area contributed by atoms with Gasteiger partial charge in [-0.15, -0.1) is 0 Å². The lowest BCUT2D eigenvalue weighted by Crippen LogP contribution is -2.36. The average Bonchev–Trinajstić information content (AvgIpc) is 3.21. The summed E-state index contributed by atoms with van der Waals surface area (Å²) >= 11 is 0. The fourth-order valence-electron chi connectivity index (χ4n) is 3.90. The number of hydrogen-bond donors (Lipinski definition) is 3. The van der Waals surface area contributed by atoms with Crippen molar-refractivity contribution >= 4 is 17.7 Å². The number of rotatable bonds is 6. The molecule has 4 rings (SSSR count). The topological polar surface area (TPSA) is 114 Å². The molecular weight excluding hydrogens is 370 g/mol. The highest BCUT2D eigenvalue weighted by molar-refractivity contribution is 6.05. The lowest BCUT2D eigenvalue weighted by molar-refractivity contribution is 0.0986. The van der Waals surface area contributed by atoms with Crippen molar-refractivity contribution in [3.8, 4) is 5.75 Å². The molecule has 29 heavy (non-hydrogen) atoms. The van der Waals surface area contributed by atoms with Crippen molar-refractivity contribution in [1.82, 2.24) is 9.97 Å². The summed E-state index contributed by atoms with van der Waals surface area (Å²) in [6.07, 6.45) is 5.54. The molecule has 1 fully saturated rings. The third-order valence-electron chi connectivity index (χ3n) is 5.48. The highest BCUT2D eigenvalue weighted by Gasteiger charge is 2.23. The molecule has 2 heterocycles. The zero-order valence-electron chi connectivity index (χ0n) is 16.4. The van der Waals surface area contributed by atoms with Gasteiger partial charge in [-0.2, -0.15) is 4.98 Å². The van der Waals surface area contributed by atoms with Crippen LogP contribution in [0, 0.1) is 0 Å². The first-order valence-corrected chi connectivity index (χ1v) is 10.2. The molecule has 0 saturated heterocycles. The number of amides is 1. The average molecular weight is 397 g/mol. The standard InChI is InChI=1S/C21H27N5O3/c22-9-11-26(20(28)15-1-6-18-14(13-15)8-12-29-18)19-7-10-23-21(25-19)24-16-2-4-17(27)5-3-16/h1,6-7,10,13,16-17,27H,2-5,8-9,11-12,22H2,(H,23,24,25). The van der Waals surface area contributed by atoms with E-state index in [9.17, 15) is 9.90 Å². The summed E-state index contributed by atoms with van der Waals surface area (Å²) in [4.78, 5) is 23.7. The van der Waals surface area contributed by atoms with Crippen molar-refractivity contribution in [2.24, 2.45) is 5.73 Å². The predicted molar refractivity (Wildman–Crippen MR) is 110 cm³/mol. The first-order valence-electron chi connectivity index (χ1n) is 10.2. The van der Waals surface area contributed by atoms with Gasteiger partial charge in [0, 0.05) is 37.3 Å². The van der Waals surface area contributed by atoms with E-state index < -0.39 is 0 Å². The molecule has 1 aromatic heterocycles. The Labute approximate surface area is 170 Å². The fourth-order valence-corrected chi connectivity index (χ4v) is 3.90. The number of anilines is 2. The maximum Gasteiger partial charge on any atom is 0.259 e. The maximum atomic E-state index is 13.2. The Morgan fingerprint density at radius 2 is 2.10 bits per heavy atom. The number of nitrogens with one attached hydrogen (secondary N) is 1. The first-order chi connectivity index (χ1) is 14.1. The Morgan fingerprint density at radius 3 is 2.90 bits per heavy atom. The number of nitrogens with zero attached hydrogens (tertiary/aromatic N) is 3. The normalized spacial score (nSPS) is 20.6. The molecule has 0 atom stereocenters. The van der Waals surface area contributed by atoms with Gasteiger partial charge >= 0.3 is 0 Å². The minimum Gasteiger partial charge on any atom is -0.493 e. The molecule has 2 aromatic rings. The molecule has 8 nitrogen and oxygen atoms in total. The monoisotopic (exact) mass is 397 g/mol. The van der Waals surface area contributed by atoms with Crippen molar-refractivity contribution < 1.29 is 14.6 Å². The molecule has 1 aromatic carbocycles. The lowest BCUT2D eigenvalue weighted by atomic mass is 9.93. The van der Waals surface area contributed by atoms with Crippen LogP contribution in [0.4, 0.5) is 11.8 Å². The Bertz CT molecular complexity index is 867. The van der Waals surface area contributed by atoms with E-state index in [1.165, 1.54) is 0 Å². The van der Waals surface area contributed by atoms with Crippen LogP contribution in [-0.2, 0) is 6.42 Å². The number of fused-ring (bicyclic) bond motifs is 1. The van der Waals surface area contributed by atoms with E-state index in [1.807, 2.05) is 12.1 Å². The molecule has 0 unspecified atom stereocenters. The van der Waals surface area contributed by atoms with Gasteiger partial charge in [0.2, 0.25) is 5.95 Å². The van der Waals surface area contributed by atoms with Crippen molar-refractivity contribution in [2.75, 3.05) is 29.9 Å². The second kappa shape index (κ2) is 8.75. The van der Waals surface area contributed by atoms with Crippen LogP contribution in [0.1, 0.15) is 41.6 Å². The molecule has 2 aliphatic rings. The van der Waals surface area contributed by atoms with Gasteiger partial charge in [-0.3, -0.25) is 9.69 Å². The summed E-state index contributed by atoms with van der Waals surface area (Å²) in [6, 6.07) is 7.47. The van der Waals surface area contributed by atoms with Gasteiger partial charge < -0.3 is 20.9 Å². The fraction of sp³-hybridized carbons (Fsp3) is 0.476. The number of ether oxygens (including phenoxy) is 1. The van der Waals surface area contributed by atoms with Crippen LogP contribution in [0.3, 0.4) is 0 Å². The van der Waals surface area contributed by atoms with Gasteiger partial charge in [-0.1, -0.05) is 0 Å². The summed E-state index contributed by atoms with van der Waals surface area (Å²) in [5, 5.41) is 13.0. The molecule has 0 bridgehead atoms. The van der Waals surface area contributed by atoms with Crippen molar-refractivity contribution in [3.05, 3.63) is 41.6 Å². The van der Waals surface area contributed by atoms with Gasteiger partial charge in [0.15, 0.2) is 0 Å². The molecule has 0 radical (unpaired) electrons. The summed E-state index contributed by atoms with van der Waals surface area (Å²) in [5.74, 6) is 1.71. The summed E-state index contributed by atoms with van der Waals surface area (Å²) in [5.41, 5.74) is 7.42. The van der Waals surface area contributed by atoms with E-state index in [-0.39, 0.29) is 18.1 Å². The predicted octanol–water partition coefficient (Wildman–Crippen LogP) is 1.73. The molecular formula is C21H27N5O3. The van der Waals surface area contributed by atoms with Crippen LogP contribution in [0.15, 0.2) is 30.5 Å². The Balaban J connectivity index is 1.52. The van der Waals surface area contributed by atoms with E-state index in [1.54, 1.807) is 23.2 Å². The molecule has 154 valence electrons. The molecule has 0 spiro atoms. The van der Waals surface area contributed by atoms with Crippen molar-refractivity contribution in [3.63, 3.8) is 0 Å². The lowest BCUT2D eigenvalue weighted by Gasteiger charge is -2.27. The van der Waals surface area contributed by atoms with E-state index in [2.05, 4.69) is 15.3 Å². The molecule has 4 N–H and O–H groups in total. The number of carbonyl (C=O) groups is 1. The third-order valence-corrected chi connectivity index (χ3v) is 5.48. The maximum absolute atomic E-state index is 13.2. The van der Waals surface area contributed by atoms with E-state index in [0.29, 0.717) is 37.0 Å². The third kappa shape index (κ3) is 4.49. The van der Waals surface area contributed by atoms with Crippen LogP contribution < -0.4 is 20.7 Å². The molecule has 1 amide bonds. The number of carbonyl (C=O) groups excluding carboxylic acids is 1. The van der Waals surface area contributed by atoms with Gasteiger partial charge in [-0.25, -0.2) is 4.98 Å². The highest BCUT2D eigenvalue weighted by atomic mass is 16.5. The second-order valence-electron chi connectivity index (χ2n) is 7.55. The summed E-state index contributed by atoms with van der Waals surface area (Å²) in [6.45, 7) is 1.34. The SMILES string of the molecule is NCCN(C(=O)c1ccc2c(c1)CCO2)c1ccnc(NC2CCC(O)CC2)n1. The van der Waals surface area contributed by atoms with E-state index in [0.717, 1.165) is 43.4 Å². The van der Waals surface area contributed by atoms with Crippen LogP contribution in [0.25, 0.3) is 0 Å². The molecule has 1 aliphatic heterocycles. The van der Waals surface area contributed by atoms with Gasteiger partial charge in [0.05, 0.1) is 12.7 Å². The van der Waals surface area contributed by atoms with Gasteiger partial charge in [0.25, 0.3) is 5.91 Å². The van der Waals surface area contributed by atoms with Gasteiger partial charge in [0.1, 0.15) is 11.6 Å². The minimum atomic E-state index is -0.212. The van der Waals surface area contributed by atoms with Crippen LogP contribution >= 0.6 is 0 Å². The zero-order valence-corrected chi connectivity index (χ0v) is 16.4. The Kier molecular flexibility index (Phi) is 5.92. The molecule has 1 aliphatic carbocycles. The summed E-state index contributed by atoms with van der Waals surface area (Å²) in [7, 11) is 0. The minimum absolute atomic E-state index is 0.143. The van der Waals surface area contributed by atoms with Crippen molar-refractivity contribution in [2.45, 2.75) is 44.2 Å². The van der Waals surface area contributed by atoms with E-state index >= 15 is 0 Å². The largest absolute Gasteiger partial charge is 0.493 e. The van der Waals surface area contributed by atoms with Gasteiger partial charge in [-0.05, 0) is 55.5 Å². The van der Waals surface area contributed by atoms with Crippen LogP contribution in [0.5, 0.6) is 5.75 Å².